The third-order valence-corrected chi connectivity index (χ3v) is 9.41. The summed E-state index contributed by atoms with van der Waals surface area (Å²) in [6.45, 7) is 0. The molecule has 0 amide bonds. The van der Waals surface area contributed by atoms with Crippen LogP contribution in [-0.4, -0.2) is 14.5 Å². The van der Waals surface area contributed by atoms with Crippen LogP contribution in [0.2, 0.25) is 0 Å². The summed E-state index contributed by atoms with van der Waals surface area (Å²) in [6, 6.07) is 57.2. The molecule has 0 saturated carbocycles. The molecule has 0 N–H and O–H groups in total. The molecule has 4 nitrogen and oxygen atoms in total. The topological polar surface area (TPSA) is 43.9 Å². The summed E-state index contributed by atoms with van der Waals surface area (Å²) in [5.41, 5.74) is 11.2. The molecule has 7 aromatic carbocycles. The first-order chi connectivity index (χ1) is 23.8. The monoisotopic (exact) mass is 613 g/mol. The highest BCUT2D eigenvalue weighted by Crippen LogP contribution is 2.40. The molecule has 0 aliphatic carbocycles. The molecule has 0 aliphatic heterocycles. The number of para-hydroxylation sites is 3. The Balaban J connectivity index is 1.16. The standard InChI is InChI=1S/C44H27N3O/c1-3-12-28(13-4-1)30-23-25-39-36(26-30)32-16-8-10-20-38(32)47(39)40-21-11-18-34-33-24-22-31(27-41(33)48-43(34)40)44-45-37-19-9-7-17-35(37)42(46-44)29-14-5-2-6-15-29/h1-27H. The van der Waals surface area contributed by atoms with Gasteiger partial charge in [0.2, 0.25) is 0 Å². The largest absolute Gasteiger partial charge is 0.454 e. The van der Waals surface area contributed by atoms with Crippen LogP contribution >= 0.6 is 0 Å². The van der Waals surface area contributed by atoms with Gasteiger partial charge in [-0.25, -0.2) is 9.97 Å². The Morgan fingerprint density at radius 3 is 1.96 bits per heavy atom. The lowest BCUT2D eigenvalue weighted by Gasteiger charge is -2.09. The maximum atomic E-state index is 6.79. The Labute approximate surface area is 276 Å². The summed E-state index contributed by atoms with van der Waals surface area (Å²) in [7, 11) is 0. The van der Waals surface area contributed by atoms with Crippen molar-refractivity contribution in [3.05, 3.63) is 164 Å². The van der Waals surface area contributed by atoms with Gasteiger partial charge in [-0.2, -0.15) is 0 Å². The highest BCUT2D eigenvalue weighted by molar-refractivity contribution is 6.13. The van der Waals surface area contributed by atoms with Crippen LogP contribution in [0.3, 0.4) is 0 Å². The first-order valence-corrected chi connectivity index (χ1v) is 16.2. The molecule has 0 aliphatic rings. The van der Waals surface area contributed by atoms with Gasteiger partial charge in [-0.15, -0.1) is 0 Å². The molecule has 3 heterocycles. The van der Waals surface area contributed by atoms with Gasteiger partial charge in [0.1, 0.15) is 5.58 Å². The highest BCUT2D eigenvalue weighted by atomic mass is 16.3. The molecule has 0 saturated heterocycles. The van der Waals surface area contributed by atoms with Gasteiger partial charge in [0.05, 0.1) is 27.9 Å². The van der Waals surface area contributed by atoms with Gasteiger partial charge in [0.25, 0.3) is 0 Å². The highest BCUT2D eigenvalue weighted by Gasteiger charge is 2.19. The van der Waals surface area contributed by atoms with E-state index in [4.69, 9.17) is 14.4 Å². The van der Waals surface area contributed by atoms with Gasteiger partial charge >= 0.3 is 0 Å². The van der Waals surface area contributed by atoms with Crippen molar-refractivity contribution < 1.29 is 4.42 Å². The molecule has 224 valence electrons. The van der Waals surface area contributed by atoms with Gasteiger partial charge < -0.3 is 8.98 Å². The Bertz CT molecular complexity index is 2830. The van der Waals surface area contributed by atoms with Gasteiger partial charge in [0.15, 0.2) is 11.4 Å². The van der Waals surface area contributed by atoms with E-state index in [1.165, 1.54) is 21.9 Å². The molecule has 0 unspecified atom stereocenters. The molecule has 10 aromatic rings. The summed E-state index contributed by atoms with van der Waals surface area (Å²) in [4.78, 5) is 10.1. The van der Waals surface area contributed by atoms with Crippen LogP contribution in [0.15, 0.2) is 168 Å². The molecule has 48 heavy (non-hydrogen) atoms. The lowest BCUT2D eigenvalue weighted by atomic mass is 10.0. The van der Waals surface area contributed by atoms with Crippen molar-refractivity contribution in [2.75, 3.05) is 0 Å². The van der Waals surface area contributed by atoms with E-state index < -0.39 is 0 Å². The maximum absolute atomic E-state index is 6.79. The third kappa shape index (κ3) is 4.10. The smallest absolute Gasteiger partial charge is 0.160 e. The van der Waals surface area contributed by atoms with E-state index in [2.05, 4.69) is 132 Å². The first kappa shape index (κ1) is 26.7. The maximum Gasteiger partial charge on any atom is 0.160 e. The van der Waals surface area contributed by atoms with Crippen LogP contribution in [0.1, 0.15) is 0 Å². The zero-order valence-corrected chi connectivity index (χ0v) is 25.8. The number of aromatic nitrogens is 3. The van der Waals surface area contributed by atoms with Crippen LogP contribution in [0.4, 0.5) is 0 Å². The van der Waals surface area contributed by atoms with Gasteiger partial charge in [-0.05, 0) is 53.6 Å². The van der Waals surface area contributed by atoms with Crippen molar-refractivity contribution in [2.45, 2.75) is 0 Å². The van der Waals surface area contributed by atoms with Crippen LogP contribution in [-0.2, 0) is 0 Å². The van der Waals surface area contributed by atoms with E-state index in [9.17, 15) is 0 Å². The van der Waals surface area contributed by atoms with Crippen molar-refractivity contribution in [3.63, 3.8) is 0 Å². The van der Waals surface area contributed by atoms with Crippen molar-refractivity contribution in [3.8, 4) is 39.5 Å². The summed E-state index contributed by atoms with van der Waals surface area (Å²) in [6.07, 6.45) is 0. The van der Waals surface area contributed by atoms with Crippen molar-refractivity contribution in [2.24, 2.45) is 0 Å². The third-order valence-electron chi connectivity index (χ3n) is 9.41. The number of benzene rings is 7. The van der Waals surface area contributed by atoms with Gasteiger partial charge in [-0.1, -0.05) is 121 Å². The molecular weight excluding hydrogens is 587 g/mol. The number of furan rings is 1. The first-order valence-electron chi connectivity index (χ1n) is 16.2. The van der Waals surface area contributed by atoms with Crippen molar-refractivity contribution in [1.82, 2.24) is 14.5 Å². The average Bonchev–Trinajstić information content (AvgIpc) is 3.70. The molecule has 0 atom stereocenters. The van der Waals surface area contributed by atoms with Crippen molar-refractivity contribution in [1.29, 1.82) is 0 Å². The predicted octanol–water partition coefficient (Wildman–Crippen LogP) is 11.6. The van der Waals surface area contributed by atoms with Crippen LogP contribution in [0.25, 0.3) is 94.1 Å². The Hall–Kier alpha value is -6.52. The fourth-order valence-electron chi connectivity index (χ4n) is 7.16. The van der Waals surface area contributed by atoms with Gasteiger partial charge in [0, 0.05) is 38.1 Å². The number of nitrogens with zero attached hydrogens (tertiary/aromatic N) is 3. The Morgan fingerprint density at radius 1 is 0.417 bits per heavy atom. The second kappa shape index (κ2) is 10.5. The van der Waals surface area contributed by atoms with E-state index in [-0.39, 0.29) is 0 Å². The van der Waals surface area contributed by atoms with Crippen molar-refractivity contribution >= 4 is 54.6 Å². The number of fused-ring (bicyclic) bond motifs is 7. The van der Waals surface area contributed by atoms with Gasteiger partial charge in [-0.3, -0.25) is 0 Å². The molecule has 0 spiro atoms. The molecular formula is C44H27N3O. The quantitative estimate of drug-likeness (QED) is 0.198. The summed E-state index contributed by atoms with van der Waals surface area (Å²) in [5.74, 6) is 0.673. The van der Waals surface area contributed by atoms with E-state index in [0.717, 1.165) is 66.4 Å². The lowest BCUT2D eigenvalue weighted by molar-refractivity contribution is 0.666. The zero-order valence-electron chi connectivity index (χ0n) is 25.8. The number of hydrogen-bond acceptors (Lipinski definition) is 3. The molecule has 4 heteroatoms. The molecule has 0 bridgehead atoms. The summed E-state index contributed by atoms with van der Waals surface area (Å²) >= 11 is 0. The Morgan fingerprint density at radius 2 is 1.10 bits per heavy atom. The average molecular weight is 614 g/mol. The second-order valence-electron chi connectivity index (χ2n) is 12.2. The normalized spacial score (nSPS) is 11.8. The SMILES string of the molecule is c1ccc(-c2ccc3c(c2)c2ccccc2n3-c2cccc3c2oc2cc(-c4nc(-c5ccccc5)c5ccccc5n4)ccc23)cc1. The molecule has 10 rings (SSSR count). The summed E-state index contributed by atoms with van der Waals surface area (Å²) < 4.78 is 9.12. The predicted molar refractivity (Wildman–Crippen MR) is 197 cm³/mol. The number of hydrogen-bond donors (Lipinski definition) is 0. The van der Waals surface area contributed by atoms with Crippen LogP contribution < -0.4 is 0 Å². The lowest BCUT2D eigenvalue weighted by Crippen LogP contribution is -1.94. The second-order valence-corrected chi connectivity index (χ2v) is 12.2. The number of rotatable bonds is 4. The molecule has 0 fully saturated rings. The van der Waals surface area contributed by atoms with E-state index in [1.54, 1.807) is 0 Å². The van der Waals surface area contributed by atoms with E-state index in [0.29, 0.717) is 5.82 Å². The fourth-order valence-corrected chi connectivity index (χ4v) is 7.16. The van der Waals surface area contributed by atoms with E-state index >= 15 is 0 Å². The van der Waals surface area contributed by atoms with Crippen LogP contribution in [0.5, 0.6) is 0 Å². The minimum Gasteiger partial charge on any atom is -0.454 e. The zero-order chi connectivity index (χ0) is 31.6. The minimum absolute atomic E-state index is 0.673. The molecule has 3 aromatic heterocycles. The van der Waals surface area contributed by atoms with Crippen LogP contribution in [0, 0.1) is 0 Å². The Kier molecular flexibility index (Phi) is 5.84. The minimum atomic E-state index is 0.673. The molecule has 0 radical (unpaired) electrons. The summed E-state index contributed by atoms with van der Waals surface area (Å²) in [5, 5.41) is 5.59. The van der Waals surface area contributed by atoms with E-state index in [1.807, 2.05) is 36.4 Å². The fraction of sp³-hybridized carbons (Fsp3) is 0.